The monoisotopic (exact) mass is 343 g/mol. The maximum absolute atomic E-state index is 12.8. The molecule has 7 heteroatoms. The lowest BCUT2D eigenvalue weighted by Gasteiger charge is -2.38. The Bertz CT molecular complexity index is 751. The Morgan fingerprint density at radius 3 is 2.68 bits per heavy atom. The van der Waals surface area contributed by atoms with Gasteiger partial charge in [0.05, 0.1) is 19.3 Å². The first-order chi connectivity index (χ1) is 11.9. The van der Waals surface area contributed by atoms with Gasteiger partial charge < -0.3 is 15.0 Å². The van der Waals surface area contributed by atoms with Crippen LogP contribution in [0.1, 0.15) is 35.6 Å². The number of carbonyl (C=O) groups is 1. The number of hydrogen-bond acceptors (Lipinski definition) is 5. The number of methoxy groups -OCH3 is 1. The lowest BCUT2D eigenvalue weighted by molar-refractivity contribution is 0.0645. The fraction of sp³-hybridized carbons (Fsp3) is 0.500. The van der Waals surface area contributed by atoms with Gasteiger partial charge in [-0.1, -0.05) is 17.3 Å². The highest BCUT2D eigenvalue weighted by molar-refractivity contribution is 5.93. The minimum atomic E-state index is -0.0824. The van der Waals surface area contributed by atoms with Gasteiger partial charge in [0.2, 0.25) is 0 Å². The van der Waals surface area contributed by atoms with Crippen LogP contribution in [0.15, 0.2) is 24.3 Å². The van der Waals surface area contributed by atoms with Crippen molar-refractivity contribution in [3.8, 4) is 5.75 Å². The van der Waals surface area contributed by atoms with Crippen LogP contribution in [0.4, 0.5) is 0 Å². The van der Waals surface area contributed by atoms with E-state index in [2.05, 4.69) is 29.5 Å². The molecular formula is C18H25N5O2. The number of amides is 1. The van der Waals surface area contributed by atoms with E-state index in [1.165, 1.54) is 0 Å². The van der Waals surface area contributed by atoms with Gasteiger partial charge >= 0.3 is 0 Å². The van der Waals surface area contributed by atoms with E-state index in [9.17, 15) is 4.79 Å². The number of nitrogens with one attached hydrogen (secondary N) is 1. The quantitative estimate of drug-likeness (QED) is 0.910. The van der Waals surface area contributed by atoms with Crippen LogP contribution in [-0.2, 0) is 6.54 Å². The van der Waals surface area contributed by atoms with E-state index in [1.807, 2.05) is 36.1 Å². The summed E-state index contributed by atoms with van der Waals surface area (Å²) in [5, 5.41) is 11.7. The molecule has 134 valence electrons. The average molecular weight is 343 g/mol. The lowest BCUT2D eigenvalue weighted by atomic mass is 10.0. The molecule has 0 spiro atoms. The Morgan fingerprint density at radius 1 is 1.32 bits per heavy atom. The standard InChI is InChI=1S/C18H25N5O2/c1-13-16(17(24)22-10-9-19-18(2,3)12-22)20-21-23(13)11-14-5-7-15(25-4)8-6-14/h5-8,19H,9-12H2,1-4H3. The molecule has 0 bridgehead atoms. The molecule has 2 aromatic rings. The SMILES string of the molecule is COc1ccc(Cn2nnc(C(=O)N3CCNC(C)(C)C3)c2C)cc1. The van der Waals surface area contributed by atoms with E-state index in [4.69, 9.17) is 4.74 Å². The largest absolute Gasteiger partial charge is 0.497 e. The molecule has 2 heterocycles. The molecule has 1 fully saturated rings. The first kappa shape index (κ1) is 17.4. The first-order valence-corrected chi connectivity index (χ1v) is 8.47. The summed E-state index contributed by atoms with van der Waals surface area (Å²) < 4.78 is 6.94. The summed E-state index contributed by atoms with van der Waals surface area (Å²) >= 11 is 0. The third kappa shape index (κ3) is 3.82. The summed E-state index contributed by atoms with van der Waals surface area (Å²) in [6, 6.07) is 7.80. The van der Waals surface area contributed by atoms with Gasteiger partial charge in [-0.2, -0.15) is 0 Å². The number of nitrogens with zero attached hydrogens (tertiary/aromatic N) is 4. The van der Waals surface area contributed by atoms with E-state index >= 15 is 0 Å². The van der Waals surface area contributed by atoms with Gasteiger partial charge in [-0.3, -0.25) is 4.79 Å². The Morgan fingerprint density at radius 2 is 2.04 bits per heavy atom. The molecule has 1 aliphatic rings. The third-order valence-electron chi connectivity index (χ3n) is 4.54. The highest BCUT2D eigenvalue weighted by Crippen LogP contribution is 2.16. The van der Waals surface area contributed by atoms with Crippen molar-refractivity contribution in [3.63, 3.8) is 0 Å². The molecule has 1 aromatic heterocycles. The van der Waals surface area contributed by atoms with Gasteiger partial charge in [-0.25, -0.2) is 4.68 Å². The minimum Gasteiger partial charge on any atom is -0.497 e. The van der Waals surface area contributed by atoms with Crippen molar-refractivity contribution in [2.24, 2.45) is 0 Å². The topological polar surface area (TPSA) is 72.3 Å². The van der Waals surface area contributed by atoms with E-state index in [1.54, 1.807) is 11.8 Å². The van der Waals surface area contributed by atoms with Gasteiger partial charge in [0.1, 0.15) is 5.75 Å². The van der Waals surface area contributed by atoms with E-state index in [0.29, 0.717) is 25.3 Å². The van der Waals surface area contributed by atoms with Crippen LogP contribution in [0, 0.1) is 6.92 Å². The Hall–Kier alpha value is -2.41. The number of carbonyl (C=O) groups excluding carboxylic acids is 1. The highest BCUT2D eigenvalue weighted by atomic mass is 16.5. The number of rotatable bonds is 4. The van der Waals surface area contributed by atoms with E-state index in [0.717, 1.165) is 23.6 Å². The molecule has 0 saturated carbocycles. The summed E-state index contributed by atoms with van der Waals surface area (Å²) in [6.45, 7) is 8.80. The first-order valence-electron chi connectivity index (χ1n) is 8.47. The minimum absolute atomic E-state index is 0.0481. The van der Waals surface area contributed by atoms with Crippen molar-refractivity contribution in [1.82, 2.24) is 25.2 Å². The van der Waals surface area contributed by atoms with Gasteiger partial charge in [0.25, 0.3) is 5.91 Å². The Kier molecular flexibility index (Phi) is 4.76. The molecule has 25 heavy (non-hydrogen) atoms. The predicted octanol–water partition coefficient (Wildman–Crippen LogP) is 1.47. The van der Waals surface area contributed by atoms with Gasteiger partial charge in [0.15, 0.2) is 5.69 Å². The van der Waals surface area contributed by atoms with Crippen molar-refractivity contribution in [2.75, 3.05) is 26.7 Å². The molecule has 1 aliphatic heterocycles. The van der Waals surface area contributed by atoms with Crippen LogP contribution in [0.5, 0.6) is 5.75 Å². The van der Waals surface area contributed by atoms with Crippen LogP contribution < -0.4 is 10.1 Å². The maximum atomic E-state index is 12.8. The van der Waals surface area contributed by atoms with Crippen LogP contribution in [-0.4, -0.2) is 58.1 Å². The van der Waals surface area contributed by atoms with Gasteiger partial charge in [-0.05, 0) is 38.5 Å². The zero-order chi connectivity index (χ0) is 18.0. The van der Waals surface area contributed by atoms with Crippen molar-refractivity contribution < 1.29 is 9.53 Å². The number of aromatic nitrogens is 3. The summed E-state index contributed by atoms with van der Waals surface area (Å²) in [7, 11) is 1.64. The normalized spacial score (nSPS) is 16.7. The van der Waals surface area contributed by atoms with Crippen molar-refractivity contribution >= 4 is 5.91 Å². The maximum Gasteiger partial charge on any atom is 0.276 e. The average Bonchev–Trinajstić information content (AvgIpc) is 2.95. The predicted molar refractivity (Wildman–Crippen MR) is 94.8 cm³/mol. The summed E-state index contributed by atoms with van der Waals surface area (Å²) in [5.41, 5.74) is 2.22. The molecule has 1 amide bonds. The van der Waals surface area contributed by atoms with Crippen molar-refractivity contribution in [3.05, 3.63) is 41.2 Å². The molecule has 0 atom stereocenters. The lowest BCUT2D eigenvalue weighted by Crippen LogP contribution is -2.58. The Labute approximate surface area is 148 Å². The van der Waals surface area contributed by atoms with Crippen molar-refractivity contribution in [2.45, 2.75) is 32.9 Å². The molecule has 7 nitrogen and oxygen atoms in total. The molecule has 0 radical (unpaired) electrons. The van der Waals surface area contributed by atoms with E-state index < -0.39 is 0 Å². The molecule has 0 aliphatic carbocycles. The molecule has 1 N–H and O–H groups in total. The number of hydrogen-bond donors (Lipinski definition) is 1. The van der Waals surface area contributed by atoms with Crippen LogP contribution in [0.25, 0.3) is 0 Å². The second-order valence-electron chi connectivity index (χ2n) is 7.07. The molecule has 1 aromatic carbocycles. The zero-order valence-corrected chi connectivity index (χ0v) is 15.2. The van der Waals surface area contributed by atoms with Gasteiger partial charge in [-0.15, -0.1) is 5.10 Å². The van der Waals surface area contributed by atoms with Crippen molar-refractivity contribution in [1.29, 1.82) is 0 Å². The second kappa shape index (κ2) is 6.84. The summed E-state index contributed by atoms with van der Waals surface area (Å²) in [5.74, 6) is 0.768. The zero-order valence-electron chi connectivity index (χ0n) is 15.2. The van der Waals surface area contributed by atoms with E-state index in [-0.39, 0.29) is 11.4 Å². The molecule has 0 unspecified atom stereocenters. The third-order valence-corrected chi connectivity index (χ3v) is 4.54. The van der Waals surface area contributed by atoms with Crippen LogP contribution >= 0.6 is 0 Å². The second-order valence-corrected chi connectivity index (χ2v) is 7.07. The summed E-state index contributed by atoms with van der Waals surface area (Å²) in [6.07, 6.45) is 0. The summed E-state index contributed by atoms with van der Waals surface area (Å²) in [4.78, 5) is 14.7. The van der Waals surface area contributed by atoms with Gasteiger partial charge in [0, 0.05) is 25.2 Å². The number of benzene rings is 1. The smallest absolute Gasteiger partial charge is 0.276 e. The fourth-order valence-corrected chi connectivity index (χ4v) is 3.08. The molecule has 1 saturated heterocycles. The number of piperazine rings is 1. The highest BCUT2D eigenvalue weighted by Gasteiger charge is 2.31. The van der Waals surface area contributed by atoms with Crippen LogP contribution in [0.3, 0.4) is 0 Å². The molecule has 3 rings (SSSR count). The van der Waals surface area contributed by atoms with Crippen LogP contribution in [0.2, 0.25) is 0 Å². The number of ether oxygens (including phenoxy) is 1. The Balaban J connectivity index is 1.75. The molecular weight excluding hydrogens is 318 g/mol. The fourth-order valence-electron chi connectivity index (χ4n) is 3.08.